The van der Waals surface area contributed by atoms with Crippen molar-refractivity contribution in [1.29, 1.82) is 5.26 Å². The Hall–Kier alpha value is -3.20. The molecule has 0 bridgehead atoms. The van der Waals surface area contributed by atoms with Gasteiger partial charge in [0.1, 0.15) is 11.6 Å². The lowest BCUT2D eigenvalue weighted by Crippen LogP contribution is -2.16. The summed E-state index contributed by atoms with van der Waals surface area (Å²) in [6.45, 7) is 0. The van der Waals surface area contributed by atoms with Gasteiger partial charge in [0.05, 0.1) is 17.5 Å². The van der Waals surface area contributed by atoms with E-state index >= 15 is 0 Å². The number of hydrogen-bond acceptors (Lipinski definition) is 5. The number of halogens is 4. The van der Waals surface area contributed by atoms with Gasteiger partial charge in [0.2, 0.25) is 5.95 Å². The van der Waals surface area contributed by atoms with Crippen LogP contribution >= 0.6 is 22.6 Å². The monoisotopic (exact) mass is 509 g/mol. The first-order valence-electron chi connectivity index (χ1n) is 8.05. The Morgan fingerprint density at radius 1 is 1.21 bits per heavy atom. The van der Waals surface area contributed by atoms with Crippen LogP contribution in [-0.2, 0) is 6.18 Å². The number of anilines is 1. The van der Waals surface area contributed by atoms with E-state index < -0.39 is 17.3 Å². The van der Waals surface area contributed by atoms with Crippen molar-refractivity contribution in [1.82, 2.24) is 9.97 Å². The van der Waals surface area contributed by atoms with Crippen LogP contribution in [0, 0.1) is 14.9 Å². The van der Waals surface area contributed by atoms with Gasteiger partial charge >= 0.3 is 6.18 Å². The van der Waals surface area contributed by atoms with E-state index in [1.807, 2.05) is 6.07 Å². The van der Waals surface area contributed by atoms with Crippen LogP contribution in [0.15, 0.2) is 58.4 Å². The zero-order valence-corrected chi connectivity index (χ0v) is 16.6. The minimum Gasteiger partial charge on any atom is -0.290 e. The lowest BCUT2D eigenvalue weighted by Gasteiger charge is -2.09. The molecule has 29 heavy (non-hydrogen) atoms. The second-order valence-electron chi connectivity index (χ2n) is 5.72. The second-order valence-corrected chi connectivity index (χ2v) is 6.89. The number of benzene rings is 2. The van der Waals surface area contributed by atoms with E-state index in [0.29, 0.717) is 5.56 Å². The van der Waals surface area contributed by atoms with Gasteiger partial charge in [0, 0.05) is 9.13 Å². The van der Waals surface area contributed by atoms with Crippen LogP contribution < -0.4 is 11.0 Å². The summed E-state index contributed by atoms with van der Waals surface area (Å²) in [7, 11) is 0. The number of alkyl halides is 3. The molecule has 0 atom stereocenters. The summed E-state index contributed by atoms with van der Waals surface area (Å²) in [6.07, 6.45) is -3.30. The van der Waals surface area contributed by atoms with Gasteiger partial charge in [-0.2, -0.15) is 23.5 Å². The number of nitrogens with one attached hydrogen (secondary N) is 2. The zero-order chi connectivity index (χ0) is 21.0. The first kappa shape index (κ1) is 20.5. The lowest BCUT2D eigenvalue weighted by atomic mass is 10.1. The fraction of sp³-hybridized carbons (Fsp3) is 0.0526. The van der Waals surface area contributed by atoms with E-state index in [1.165, 1.54) is 18.3 Å². The molecule has 0 saturated carbocycles. The third-order valence-electron chi connectivity index (χ3n) is 3.76. The van der Waals surface area contributed by atoms with Crippen LogP contribution in [0.3, 0.4) is 0 Å². The smallest absolute Gasteiger partial charge is 0.290 e. The van der Waals surface area contributed by atoms with Gasteiger partial charge < -0.3 is 0 Å². The topological polar surface area (TPSA) is 93.9 Å². The summed E-state index contributed by atoms with van der Waals surface area (Å²) < 4.78 is 39.1. The molecule has 0 saturated heterocycles. The van der Waals surface area contributed by atoms with Crippen LogP contribution in [0.2, 0.25) is 0 Å². The normalized spacial score (nSPS) is 11.4. The average Bonchev–Trinajstić information content (AvgIpc) is 2.68. The van der Waals surface area contributed by atoms with Gasteiger partial charge in [-0.1, -0.05) is 36.4 Å². The SMILES string of the molecule is N#Cc1c(-c2ccccc2)nc(NN=Cc2ccc(I)c(C(F)(F)F)c2)[nH]c1=O. The summed E-state index contributed by atoms with van der Waals surface area (Å²) >= 11 is 1.61. The molecule has 10 heteroatoms. The number of rotatable bonds is 4. The fourth-order valence-electron chi connectivity index (χ4n) is 2.44. The minimum atomic E-state index is -4.47. The molecule has 0 radical (unpaired) electrons. The first-order chi connectivity index (χ1) is 13.8. The number of H-pyrrole nitrogens is 1. The van der Waals surface area contributed by atoms with Crippen LogP contribution in [0.25, 0.3) is 11.3 Å². The van der Waals surface area contributed by atoms with Crippen LogP contribution in [0.1, 0.15) is 16.7 Å². The summed E-state index contributed by atoms with van der Waals surface area (Å²) in [5.74, 6) is -0.0503. The molecular formula is C19H11F3IN5O. The maximum Gasteiger partial charge on any atom is 0.417 e. The highest BCUT2D eigenvalue weighted by Crippen LogP contribution is 2.33. The quantitative estimate of drug-likeness (QED) is 0.310. The van der Waals surface area contributed by atoms with Crippen molar-refractivity contribution in [3.63, 3.8) is 0 Å². The molecule has 6 nitrogen and oxygen atoms in total. The highest BCUT2D eigenvalue weighted by molar-refractivity contribution is 14.1. The Bertz CT molecular complexity index is 1170. The van der Waals surface area contributed by atoms with Gasteiger partial charge in [0.25, 0.3) is 5.56 Å². The highest BCUT2D eigenvalue weighted by Gasteiger charge is 2.32. The van der Waals surface area contributed by atoms with Gasteiger partial charge in [0.15, 0.2) is 0 Å². The van der Waals surface area contributed by atoms with Crippen molar-refractivity contribution in [2.24, 2.45) is 5.10 Å². The summed E-state index contributed by atoms with van der Waals surface area (Å²) in [5, 5.41) is 13.1. The van der Waals surface area contributed by atoms with Crippen LogP contribution in [-0.4, -0.2) is 16.2 Å². The molecule has 146 valence electrons. The van der Waals surface area contributed by atoms with E-state index in [9.17, 15) is 23.2 Å². The van der Waals surface area contributed by atoms with E-state index in [2.05, 4.69) is 20.5 Å². The van der Waals surface area contributed by atoms with Crippen molar-refractivity contribution in [3.8, 4) is 17.3 Å². The minimum absolute atomic E-state index is 0.0503. The van der Waals surface area contributed by atoms with Gasteiger partial charge in [-0.05, 0) is 40.3 Å². The van der Waals surface area contributed by atoms with Crippen LogP contribution in [0.5, 0.6) is 0 Å². The van der Waals surface area contributed by atoms with Gasteiger partial charge in [-0.15, -0.1) is 0 Å². The molecule has 0 aliphatic rings. The summed E-state index contributed by atoms with van der Waals surface area (Å²) in [6, 6.07) is 14.2. The van der Waals surface area contributed by atoms with E-state index in [1.54, 1.807) is 52.9 Å². The number of nitrogens with zero attached hydrogens (tertiary/aromatic N) is 3. The molecular weight excluding hydrogens is 498 g/mol. The number of nitriles is 1. The van der Waals surface area contributed by atoms with Gasteiger partial charge in [-0.25, -0.2) is 10.4 Å². The van der Waals surface area contributed by atoms with E-state index in [-0.39, 0.29) is 26.3 Å². The first-order valence-corrected chi connectivity index (χ1v) is 9.13. The Balaban J connectivity index is 1.90. The van der Waals surface area contributed by atoms with Crippen molar-refractivity contribution >= 4 is 34.8 Å². The summed E-state index contributed by atoms with van der Waals surface area (Å²) in [4.78, 5) is 18.7. The maximum atomic E-state index is 13.0. The largest absolute Gasteiger partial charge is 0.417 e. The van der Waals surface area contributed by atoms with Crippen molar-refractivity contribution < 1.29 is 13.2 Å². The molecule has 2 N–H and O–H groups in total. The molecule has 3 rings (SSSR count). The van der Waals surface area contributed by atoms with Crippen molar-refractivity contribution in [2.45, 2.75) is 6.18 Å². The van der Waals surface area contributed by atoms with E-state index in [0.717, 1.165) is 6.07 Å². The van der Waals surface area contributed by atoms with Crippen molar-refractivity contribution in [3.05, 3.63) is 79.1 Å². The zero-order valence-electron chi connectivity index (χ0n) is 14.5. The third kappa shape index (κ3) is 4.80. The number of hydrogen-bond donors (Lipinski definition) is 2. The molecule has 0 spiro atoms. The standard InChI is InChI=1S/C19H11F3IN5O/c20-19(21,22)14-8-11(6-7-15(14)23)10-25-28-18-26-16(12-4-2-1-3-5-12)13(9-24)17(29)27-18/h1-8,10H,(H2,26,27,28,29). The Morgan fingerprint density at radius 3 is 2.59 bits per heavy atom. The number of aromatic nitrogens is 2. The predicted molar refractivity (Wildman–Crippen MR) is 110 cm³/mol. The van der Waals surface area contributed by atoms with Crippen LogP contribution in [0.4, 0.5) is 19.1 Å². The molecule has 1 aromatic heterocycles. The highest BCUT2D eigenvalue weighted by atomic mass is 127. The lowest BCUT2D eigenvalue weighted by molar-refractivity contribution is -0.138. The molecule has 0 amide bonds. The fourth-order valence-corrected chi connectivity index (χ4v) is 3.08. The van der Waals surface area contributed by atoms with E-state index in [4.69, 9.17) is 0 Å². The third-order valence-corrected chi connectivity index (χ3v) is 4.70. The Morgan fingerprint density at radius 2 is 1.93 bits per heavy atom. The predicted octanol–water partition coefficient (Wildman–Crippen LogP) is 4.38. The average molecular weight is 509 g/mol. The maximum absolute atomic E-state index is 13.0. The number of aromatic amines is 1. The van der Waals surface area contributed by atoms with Crippen molar-refractivity contribution in [2.75, 3.05) is 5.43 Å². The molecule has 0 aliphatic carbocycles. The molecule has 0 unspecified atom stereocenters. The molecule has 1 heterocycles. The Labute approximate surface area is 176 Å². The molecule has 2 aromatic carbocycles. The molecule has 0 fully saturated rings. The molecule has 3 aromatic rings. The number of hydrazone groups is 1. The Kier molecular flexibility index (Phi) is 5.97. The molecule has 0 aliphatic heterocycles. The summed E-state index contributed by atoms with van der Waals surface area (Å²) in [5.41, 5.74) is 1.85. The van der Waals surface area contributed by atoms with Gasteiger partial charge in [-0.3, -0.25) is 9.78 Å². The second kappa shape index (κ2) is 8.44.